The largest absolute Gasteiger partial charge is 0.458 e. The van der Waals surface area contributed by atoms with Crippen molar-refractivity contribution in [3.8, 4) is 0 Å². The van der Waals surface area contributed by atoms with E-state index in [0.29, 0.717) is 0 Å². The molecule has 0 radical (unpaired) electrons. The van der Waals surface area contributed by atoms with Crippen LogP contribution in [0.4, 0.5) is 0 Å². The van der Waals surface area contributed by atoms with Gasteiger partial charge in [-0.1, -0.05) is 32.1 Å². The van der Waals surface area contributed by atoms with E-state index in [1.165, 1.54) is 6.08 Å². The van der Waals surface area contributed by atoms with Crippen molar-refractivity contribution in [2.75, 3.05) is 6.61 Å². The van der Waals surface area contributed by atoms with Crippen molar-refractivity contribution >= 4 is 5.97 Å². The van der Waals surface area contributed by atoms with E-state index in [1.54, 1.807) is 6.08 Å². The number of unbranched alkanes of at least 4 members (excludes halogenated alkanes) is 1. The summed E-state index contributed by atoms with van der Waals surface area (Å²) in [5, 5.41) is 0. The minimum absolute atomic E-state index is 0.287. The number of ether oxygens (including phenoxy) is 1. The zero-order chi connectivity index (χ0) is 8.53. The molecule has 11 heavy (non-hydrogen) atoms. The van der Waals surface area contributed by atoms with Crippen LogP contribution in [0.15, 0.2) is 24.8 Å². The highest BCUT2D eigenvalue weighted by atomic mass is 16.5. The van der Waals surface area contributed by atoms with Crippen LogP contribution < -0.4 is 0 Å². The summed E-state index contributed by atoms with van der Waals surface area (Å²) in [5.74, 6) is -0.293. The van der Waals surface area contributed by atoms with Gasteiger partial charge >= 0.3 is 5.97 Å². The second kappa shape index (κ2) is 7.06. The zero-order valence-electron chi connectivity index (χ0n) is 6.88. The third-order valence-corrected chi connectivity index (χ3v) is 1.05. The van der Waals surface area contributed by atoms with Gasteiger partial charge in [0.2, 0.25) is 0 Å². The van der Waals surface area contributed by atoms with Gasteiger partial charge in [0.1, 0.15) is 6.61 Å². The molecule has 0 aromatic heterocycles. The summed E-state index contributed by atoms with van der Waals surface area (Å²) >= 11 is 0. The van der Waals surface area contributed by atoms with Crippen molar-refractivity contribution in [2.24, 2.45) is 0 Å². The molecule has 0 aliphatic heterocycles. The van der Waals surface area contributed by atoms with Crippen LogP contribution >= 0.6 is 0 Å². The van der Waals surface area contributed by atoms with Crippen molar-refractivity contribution < 1.29 is 9.53 Å². The first-order chi connectivity index (χ1) is 5.31. The molecule has 0 aliphatic rings. The van der Waals surface area contributed by atoms with E-state index >= 15 is 0 Å². The lowest BCUT2D eigenvalue weighted by Gasteiger charge is -1.94. The zero-order valence-corrected chi connectivity index (χ0v) is 6.88. The highest BCUT2D eigenvalue weighted by Crippen LogP contribution is 1.89. The molecule has 0 aliphatic carbocycles. The molecule has 2 nitrogen and oxygen atoms in total. The molecule has 0 aromatic rings. The minimum Gasteiger partial charge on any atom is -0.458 e. The Morgan fingerprint density at radius 2 is 2.36 bits per heavy atom. The van der Waals surface area contributed by atoms with E-state index in [0.717, 1.165) is 12.8 Å². The first-order valence-electron chi connectivity index (χ1n) is 3.75. The van der Waals surface area contributed by atoms with Gasteiger partial charge < -0.3 is 4.74 Å². The van der Waals surface area contributed by atoms with Crippen molar-refractivity contribution in [1.82, 2.24) is 0 Å². The molecule has 0 saturated heterocycles. The molecule has 0 fully saturated rings. The Hall–Kier alpha value is -1.05. The monoisotopic (exact) mass is 154 g/mol. The molecule has 0 amide bonds. The topological polar surface area (TPSA) is 26.3 Å². The summed E-state index contributed by atoms with van der Waals surface area (Å²) in [6.07, 6.45) is 6.78. The summed E-state index contributed by atoms with van der Waals surface area (Å²) < 4.78 is 4.69. The fourth-order valence-electron chi connectivity index (χ4n) is 0.535. The number of hydrogen-bond donors (Lipinski definition) is 0. The lowest BCUT2D eigenvalue weighted by atomic mass is 10.3. The number of rotatable bonds is 5. The third-order valence-electron chi connectivity index (χ3n) is 1.05. The van der Waals surface area contributed by atoms with Crippen LogP contribution in [0, 0.1) is 0 Å². The quantitative estimate of drug-likeness (QED) is 0.344. The number of carbonyl (C=O) groups excluding carboxylic acids is 1. The van der Waals surface area contributed by atoms with Crippen LogP contribution in [0.1, 0.15) is 19.8 Å². The Morgan fingerprint density at radius 1 is 1.64 bits per heavy atom. The van der Waals surface area contributed by atoms with Crippen LogP contribution in [0.3, 0.4) is 0 Å². The second-order valence-electron chi connectivity index (χ2n) is 2.11. The van der Waals surface area contributed by atoms with Crippen LogP contribution in [-0.4, -0.2) is 12.6 Å². The van der Waals surface area contributed by atoms with Gasteiger partial charge in [0.15, 0.2) is 0 Å². The van der Waals surface area contributed by atoms with Crippen LogP contribution in [0.25, 0.3) is 0 Å². The summed E-state index contributed by atoms with van der Waals surface area (Å²) in [5.41, 5.74) is 0. The maximum absolute atomic E-state index is 10.7. The van der Waals surface area contributed by atoms with Crippen molar-refractivity contribution in [3.63, 3.8) is 0 Å². The Bertz CT molecular complexity index is 148. The Balaban J connectivity index is 3.42. The van der Waals surface area contributed by atoms with Gasteiger partial charge in [0.25, 0.3) is 0 Å². The van der Waals surface area contributed by atoms with Gasteiger partial charge in [-0.3, -0.25) is 0 Å². The van der Waals surface area contributed by atoms with Crippen LogP contribution in [0.2, 0.25) is 0 Å². The summed E-state index contributed by atoms with van der Waals surface area (Å²) in [7, 11) is 0. The van der Waals surface area contributed by atoms with Crippen molar-refractivity contribution in [2.45, 2.75) is 19.8 Å². The number of allylic oxidation sites excluding steroid dienone is 1. The molecule has 0 N–H and O–H groups in total. The normalized spacial score (nSPS) is 9.91. The average molecular weight is 154 g/mol. The molecule has 0 saturated carbocycles. The van der Waals surface area contributed by atoms with Gasteiger partial charge in [-0.05, 0) is 6.42 Å². The molecular formula is C9H14O2. The molecule has 0 bridgehead atoms. The molecule has 0 heterocycles. The SMILES string of the molecule is C=CCOC(=O)/C=C\CCC. The van der Waals surface area contributed by atoms with Crippen molar-refractivity contribution in [3.05, 3.63) is 24.8 Å². The predicted octanol–water partition coefficient (Wildman–Crippen LogP) is 2.07. The average Bonchev–Trinajstić information content (AvgIpc) is 2.01. The summed E-state index contributed by atoms with van der Waals surface area (Å²) in [4.78, 5) is 10.7. The van der Waals surface area contributed by atoms with Gasteiger partial charge in [-0.2, -0.15) is 0 Å². The summed E-state index contributed by atoms with van der Waals surface area (Å²) in [6.45, 7) is 5.77. The molecule has 0 spiro atoms. The van der Waals surface area contributed by atoms with Gasteiger partial charge in [-0.15, -0.1) is 0 Å². The second-order valence-corrected chi connectivity index (χ2v) is 2.11. The molecule has 0 atom stereocenters. The molecular weight excluding hydrogens is 140 g/mol. The van der Waals surface area contributed by atoms with E-state index in [9.17, 15) is 4.79 Å². The first-order valence-corrected chi connectivity index (χ1v) is 3.75. The van der Waals surface area contributed by atoms with E-state index < -0.39 is 0 Å². The van der Waals surface area contributed by atoms with E-state index in [4.69, 9.17) is 4.74 Å². The smallest absolute Gasteiger partial charge is 0.330 e. The maximum Gasteiger partial charge on any atom is 0.330 e. The van der Waals surface area contributed by atoms with Gasteiger partial charge in [-0.25, -0.2) is 4.79 Å². The molecule has 62 valence electrons. The highest BCUT2D eigenvalue weighted by molar-refractivity contribution is 5.81. The maximum atomic E-state index is 10.7. The molecule has 0 rings (SSSR count). The number of hydrogen-bond acceptors (Lipinski definition) is 2. The Labute approximate surface area is 67.6 Å². The summed E-state index contributed by atoms with van der Waals surface area (Å²) in [6, 6.07) is 0. The van der Waals surface area contributed by atoms with Gasteiger partial charge in [0.05, 0.1) is 0 Å². The lowest BCUT2D eigenvalue weighted by molar-refractivity contribution is -0.136. The number of esters is 1. The number of carbonyl (C=O) groups is 1. The van der Waals surface area contributed by atoms with Crippen molar-refractivity contribution in [1.29, 1.82) is 0 Å². The van der Waals surface area contributed by atoms with Crippen LogP contribution in [0.5, 0.6) is 0 Å². The highest BCUT2D eigenvalue weighted by Gasteiger charge is 1.91. The fourth-order valence-corrected chi connectivity index (χ4v) is 0.535. The molecule has 0 aromatic carbocycles. The van der Waals surface area contributed by atoms with Gasteiger partial charge in [0, 0.05) is 6.08 Å². The lowest BCUT2D eigenvalue weighted by Crippen LogP contribution is -1.99. The predicted molar refractivity (Wildman–Crippen MR) is 45.2 cm³/mol. The fraction of sp³-hybridized carbons (Fsp3) is 0.444. The minimum atomic E-state index is -0.293. The molecule has 2 heteroatoms. The Morgan fingerprint density at radius 3 is 2.91 bits per heavy atom. The van der Waals surface area contributed by atoms with E-state index in [1.807, 2.05) is 6.08 Å². The van der Waals surface area contributed by atoms with E-state index in [-0.39, 0.29) is 12.6 Å². The third kappa shape index (κ3) is 6.84. The Kier molecular flexibility index (Phi) is 6.39. The van der Waals surface area contributed by atoms with E-state index in [2.05, 4.69) is 13.5 Å². The van der Waals surface area contributed by atoms with Crippen LogP contribution in [-0.2, 0) is 9.53 Å². The first kappa shape index (κ1) is 9.95. The molecule has 0 unspecified atom stereocenters. The standard InChI is InChI=1S/C9H14O2/c1-3-5-6-7-9(10)11-8-4-2/h4,6-7H,2-3,5,8H2,1H3/b7-6-.